The fourth-order valence-corrected chi connectivity index (χ4v) is 2.00. The molecule has 6 heteroatoms. The van der Waals surface area contributed by atoms with Crippen LogP contribution in [0.15, 0.2) is 18.2 Å². The number of rotatable bonds is 5. The van der Waals surface area contributed by atoms with E-state index in [0.29, 0.717) is 25.3 Å². The van der Waals surface area contributed by atoms with Crippen molar-refractivity contribution in [3.05, 3.63) is 23.9 Å². The molecule has 1 aromatic rings. The van der Waals surface area contributed by atoms with Gasteiger partial charge in [-0.05, 0) is 12.5 Å². The third-order valence-corrected chi connectivity index (χ3v) is 3.10. The molecule has 2 heterocycles. The Hall–Kier alpha value is -2.11. The Labute approximate surface area is 111 Å². The molecule has 1 aliphatic rings. The maximum Gasteiger partial charge on any atom is 0.324 e. The van der Waals surface area contributed by atoms with Crippen LogP contribution >= 0.6 is 0 Å². The second-order valence-electron chi connectivity index (χ2n) is 4.32. The number of urea groups is 1. The Bertz CT molecular complexity index is 490. The van der Waals surface area contributed by atoms with Gasteiger partial charge in [-0.1, -0.05) is 13.0 Å². The number of hydrogen-bond acceptors (Lipinski definition) is 4. The fourth-order valence-electron chi connectivity index (χ4n) is 2.00. The van der Waals surface area contributed by atoms with Gasteiger partial charge in [0.25, 0.3) is 5.91 Å². The van der Waals surface area contributed by atoms with Crippen LogP contribution in [0.4, 0.5) is 4.79 Å². The summed E-state index contributed by atoms with van der Waals surface area (Å²) in [6.45, 7) is 2.21. The number of imide groups is 1. The average molecular weight is 263 g/mol. The Morgan fingerprint density at radius 1 is 1.42 bits per heavy atom. The molecule has 2 rings (SSSR count). The van der Waals surface area contributed by atoms with Crippen molar-refractivity contribution in [1.29, 1.82) is 0 Å². The summed E-state index contributed by atoms with van der Waals surface area (Å²) in [4.78, 5) is 29.0. The summed E-state index contributed by atoms with van der Waals surface area (Å²) < 4.78 is 5.03. The predicted molar refractivity (Wildman–Crippen MR) is 68.8 cm³/mol. The molecule has 0 aliphatic carbocycles. The van der Waals surface area contributed by atoms with E-state index in [9.17, 15) is 9.59 Å². The molecule has 6 nitrogen and oxygen atoms in total. The first-order chi connectivity index (χ1) is 9.15. The minimum absolute atomic E-state index is 0.157. The third-order valence-electron chi connectivity index (χ3n) is 3.10. The molecule has 102 valence electrons. The first kappa shape index (κ1) is 13.3. The second kappa shape index (κ2) is 5.69. The minimum atomic E-state index is -0.384. The van der Waals surface area contributed by atoms with Gasteiger partial charge in [0.15, 0.2) is 0 Å². The molecule has 0 spiro atoms. The van der Waals surface area contributed by atoms with E-state index in [1.165, 1.54) is 4.90 Å². The Morgan fingerprint density at radius 3 is 2.84 bits per heavy atom. The number of carbonyl (C=O) groups excluding carboxylic acids is 2. The van der Waals surface area contributed by atoms with Gasteiger partial charge in [-0.3, -0.25) is 9.69 Å². The quantitative estimate of drug-likeness (QED) is 0.803. The number of aromatic nitrogens is 1. The molecule has 1 fully saturated rings. The molecule has 0 saturated carbocycles. The maximum atomic E-state index is 11.9. The SMILES string of the molecule is CC[C@@H]1NC(=O)N(CCc2cccc(OC)n2)C1=O. The summed E-state index contributed by atoms with van der Waals surface area (Å²) in [5, 5.41) is 2.65. The van der Waals surface area contributed by atoms with Crippen molar-refractivity contribution < 1.29 is 14.3 Å². The van der Waals surface area contributed by atoms with E-state index in [4.69, 9.17) is 4.74 Å². The lowest BCUT2D eigenvalue weighted by atomic mass is 10.2. The molecule has 0 aromatic carbocycles. The molecule has 1 aromatic heterocycles. The number of carbonyl (C=O) groups is 2. The van der Waals surface area contributed by atoms with Crippen molar-refractivity contribution in [1.82, 2.24) is 15.2 Å². The van der Waals surface area contributed by atoms with Crippen molar-refractivity contribution >= 4 is 11.9 Å². The summed E-state index contributed by atoms with van der Waals surface area (Å²) in [5.74, 6) is 0.372. The molecule has 19 heavy (non-hydrogen) atoms. The maximum absolute atomic E-state index is 11.9. The van der Waals surface area contributed by atoms with Crippen LogP contribution in [-0.2, 0) is 11.2 Å². The van der Waals surface area contributed by atoms with Gasteiger partial charge in [-0.25, -0.2) is 9.78 Å². The van der Waals surface area contributed by atoms with Gasteiger partial charge >= 0.3 is 6.03 Å². The van der Waals surface area contributed by atoms with Crippen LogP contribution in [0, 0.1) is 0 Å². The van der Waals surface area contributed by atoms with Gasteiger partial charge in [0.05, 0.1) is 7.11 Å². The van der Waals surface area contributed by atoms with Gasteiger partial charge < -0.3 is 10.1 Å². The van der Waals surface area contributed by atoms with Crippen molar-refractivity contribution in [2.75, 3.05) is 13.7 Å². The van der Waals surface area contributed by atoms with Crippen LogP contribution in [0.3, 0.4) is 0 Å². The van der Waals surface area contributed by atoms with Gasteiger partial charge in [0, 0.05) is 24.7 Å². The molecule has 0 radical (unpaired) electrons. The summed E-state index contributed by atoms with van der Waals surface area (Å²) in [5.41, 5.74) is 0.792. The van der Waals surface area contributed by atoms with E-state index < -0.39 is 0 Å². The minimum Gasteiger partial charge on any atom is -0.481 e. The lowest BCUT2D eigenvalue weighted by molar-refractivity contribution is -0.127. The van der Waals surface area contributed by atoms with Gasteiger partial charge in [-0.2, -0.15) is 0 Å². The van der Waals surface area contributed by atoms with Crippen molar-refractivity contribution in [3.8, 4) is 5.88 Å². The topological polar surface area (TPSA) is 71.5 Å². The summed E-state index contributed by atoms with van der Waals surface area (Å²) in [6, 6.07) is 4.73. The highest BCUT2D eigenvalue weighted by molar-refractivity contribution is 6.04. The zero-order chi connectivity index (χ0) is 13.8. The second-order valence-corrected chi connectivity index (χ2v) is 4.32. The lowest BCUT2D eigenvalue weighted by Crippen LogP contribution is -2.33. The van der Waals surface area contributed by atoms with Crippen LogP contribution < -0.4 is 10.1 Å². The van der Waals surface area contributed by atoms with E-state index in [0.717, 1.165) is 5.69 Å². The number of pyridine rings is 1. The fraction of sp³-hybridized carbons (Fsp3) is 0.462. The number of nitrogens with one attached hydrogen (secondary N) is 1. The standard InChI is InChI=1S/C13H17N3O3/c1-3-10-12(17)16(13(18)15-10)8-7-9-5-4-6-11(14-9)19-2/h4-6,10H,3,7-8H2,1-2H3,(H,15,18)/t10-/m0/s1. The summed E-state index contributed by atoms with van der Waals surface area (Å²) >= 11 is 0. The van der Waals surface area contributed by atoms with Crippen LogP contribution in [0.2, 0.25) is 0 Å². The van der Waals surface area contributed by atoms with E-state index in [1.54, 1.807) is 13.2 Å². The zero-order valence-corrected chi connectivity index (χ0v) is 11.0. The highest BCUT2D eigenvalue weighted by atomic mass is 16.5. The van der Waals surface area contributed by atoms with Crippen molar-refractivity contribution in [2.24, 2.45) is 0 Å². The third kappa shape index (κ3) is 2.83. The molecule has 0 unspecified atom stereocenters. The number of nitrogens with zero attached hydrogens (tertiary/aromatic N) is 2. The molecule has 1 saturated heterocycles. The predicted octanol–water partition coefficient (Wildman–Crippen LogP) is 0.963. The van der Waals surface area contributed by atoms with Crippen molar-refractivity contribution in [3.63, 3.8) is 0 Å². The summed E-state index contributed by atoms with van der Waals surface area (Å²) in [7, 11) is 1.55. The Balaban J connectivity index is 1.98. The molecule has 1 N–H and O–H groups in total. The van der Waals surface area contributed by atoms with Gasteiger partial charge in [-0.15, -0.1) is 0 Å². The number of methoxy groups -OCH3 is 1. The molecule has 1 aliphatic heterocycles. The van der Waals surface area contributed by atoms with Crippen LogP contribution in [0.5, 0.6) is 5.88 Å². The van der Waals surface area contributed by atoms with Crippen LogP contribution in [0.25, 0.3) is 0 Å². The van der Waals surface area contributed by atoms with Gasteiger partial charge in [0.2, 0.25) is 5.88 Å². The average Bonchev–Trinajstić information content (AvgIpc) is 2.71. The first-order valence-corrected chi connectivity index (χ1v) is 6.27. The number of amides is 3. The van der Waals surface area contributed by atoms with E-state index >= 15 is 0 Å². The zero-order valence-electron chi connectivity index (χ0n) is 11.0. The normalized spacial score (nSPS) is 18.6. The molecular formula is C13H17N3O3. The first-order valence-electron chi connectivity index (χ1n) is 6.27. The monoisotopic (exact) mass is 263 g/mol. The van der Waals surface area contributed by atoms with Crippen molar-refractivity contribution in [2.45, 2.75) is 25.8 Å². The van der Waals surface area contributed by atoms with Crippen LogP contribution in [-0.4, -0.2) is 41.5 Å². The van der Waals surface area contributed by atoms with E-state index in [-0.39, 0.29) is 18.0 Å². The molecule has 3 amide bonds. The van der Waals surface area contributed by atoms with Crippen LogP contribution in [0.1, 0.15) is 19.0 Å². The highest BCUT2D eigenvalue weighted by Gasteiger charge is 2.36. The largest absolute Gasteiger partial charge is 0.481 e. The number of ether oxygens (including phenoxy) is 1. The summed E-state index contributed by atoms with van der Waals surface area (Å²) in [6.07, 6.45) is 1.13. The molecular weight excluding hydrogens is 246 g/mol. The molecule has 1 atom stereocenters. The van der Waals surface area contributed by atoms with E-state index in [2.05, 4.69) is 10.3 Å². The Morgan fingerprint density at radius 2 is 2.21 bits per heavy atom. The lowest BCUT2D eigenvalue weighted by Gasteiger charge is -2.12. The Kier molecular flexibility index (Phi) is 3.99. The van der Waals surface area contributed by atoms with E-state index in [1.807, 2.05) is 19.1 Å². The molecule has 0 bridgehead atoms. The highest BCUT2D eigenvalue weighted by Crippen LogP contribution is 2.12. The number of hydrogen-bond donors (Lipinski definition) is 1. The smallest absolute Gasteiger partial charge is 0.324 e. The van der Waals surface area contributed by atoms with Gasteiger partial charge in [0.1, 0.15) is 6.04 Å².